The molecular weight excluding hydrogens is 560 g/mol. The number of nitrogens with two attached hydrogens (primary N) is 1. The van der Waals surface area contributed by atoms with E-state index in [1.165, 1.54) is 0 Å². The van der Waals surface area contributed by atoms with E-state index in [2.05, 4.69) is 16.0 Å². The van der Waals surface area contributed by atoms with Gasteiger partial charge in [0.15, 0.2) is 0 Å². The van der Waals surface area contributed by atoms with E-state index < -0.39 is 35.5 Å². The number of urea groups is 2. The Morgan fingerprint density at radius 2 is 1.59 bits per heavy atom. The number of carbonyl (C=O) groups is 5. The van der Waals surface area contributed by atoms with Gasteiger partial charge in [0.2, 0.25) is 11.8 Å². The van der Waals surface area contributed by atoms with E-state index in [4.69, 9.17) is 5.73 Å². The maximum Gasteiger partial charge on any atom is 0.328 e. The number of nitrogens with one attached hydrogen (secondary N) is 3. The van der Waals surface area contributed by atoms with Crippen LogP contribution in [0.25, 0.3) is 0 Å². The van der Waals surface area contributed by atoms with Crippen LogP contribution in [0.5, 0.6) is 0 Å². The maximum atomic E-state index is 14.2. The molecule has 5 N–H and O–H groups in total. The van der Waals surface area contributed by atoms with E-state index in [0.717, 1.165) is 35.3 Å². The largest absolute Gasteiger partial charge is 0.370 e. The molecular formula is C33H44N6O5. The average Bonchev–Trinajstić information content (AvgIpc) is 3.14. The van der Waals surface area contributed by atoms with E-state index in [0.29, 0.717) is 30.6 Å². The molecule has 1 spiro atoms. The standard InChI is InChI=1S/C33H44N6O5/c1-21(2)18-27(29(41)35-23(4)19-28(34)40)39-30(42)33(16-8-5-9-17-33)38(32(39)44)20-24-12-14-25(15-13-24)36-31(43)37-26-11-7-6-10-22(26)3/h6-7,10-15,21,23,27H,5,8-9,16-20H2,1-4H3,(H2,34,40)(H,35,41)(H2,36,37,43)/t23?,27-/m0/s1. The first-order valence-electron chi connectivity index (χ1n) is 15.4. The fraction of sp³-hybridized carbons (Fsp3) is 0.485. The highest BCUT2D eigenvalue weighted by molar-refractivity contribution is 6.10. The molecule has 2 aromatic carbocycles. The zero-order chi connectivity index (χ0) is 32.0. The fourth-order valence-corrected chi connectivity index (χ4v) is 6.20. The predicted molar refractivity (Wildman–Crippen MR) is 169 cm³/mol. The van der Waals surface area contributed by atoms with Gasteiger partial charge in [0, 0.05) is 30.4 Å². The number of amides is 7. The lowest BCUT2D eigenvalue weighted by Crippen LogP contribution is -2.54. The number of para-hydroxylation sites is 1. The molecule has 1 heterocycles. The molecule has 4 rings (SSSR count). The highest BCUT2D eigenvalue weighted by Crippen LogP contribution is 2.42. The molecule has 1 unspecified atom stereocenters. The molecule has 2 aliphatic rings. The van der Waals surface area contributed by atoms with Gasteiger partial charge in [0.1, 0.15) is 11.6 Å². The number of nitrogens with zero attached hydrogens (tertiary/aromatic N) is 2. The van der Waals surface area contributed by atoms with E-state index in [-0.39, 0.29) is 30.8 Å². The normalized spacial score (nSPS) is 17.5. The molecule has 2 atom stereocenters. The van der Waals surface area contributed by atoms with Crippen molar-refractivity contribution >= 4 is 41.2 Å². The van der Waals surface area contributed by atoms with E-state index in [1.54, 1.807) is 24.0 Å². The number of benzene rings is 2. The van der Waals surface area contributed by atoms with Crippen LogP contribution in [0.2, 0.25) is 0 Å². The number of imide groups is 1. The molecule has 1 aliphatic carbocycles. The molecule has 1 saturated carbocycles. The third-order valence-corrected chi connectivity index (χ3v) is 8.40. The number of carbonyl (C=O) groups excluding carboxylic acids is 5. The Balaban J connectivity index is 1.54. The number of aryl methyl sites for hydroxylation is 1. The van der Waals surface area contributed by atoms with Gasteiger partial charge in [-0.15, -0.1) is 0 Å². The molecule has 2 aromatic rings. The third kappa shape index (κ3) is 7.38. The summed E-state index contributed by atoms with van der Waals surface area (Å²) < 4.78 is 0. The van der Waals surface area contributed by atoms with Crippen molar-refractivity contribution in [1.82, 2.24) is 15.1 Å². The summed E-state index contributed by atoms with van der Waals surface area (Å²) in [5, 5.41) is 8.45. The summed E-state index contributed by atoms with van der Waals surface area (Å²) in [7, 11) is 0. The van der Waals surface area contributed by atoms with Crippen molar-refractivity contribution in [3.8, 4) is 0 Å². The van der Waals surface area contributed by atoms with Crippen LogP contribution in [0.3, 0.4) is 0 Å². The Kier molecular flexibility index (Phi) is 10.3. The lowest BCUT2D eigenvalue weighted by molar-refractivity contribution is -0.141. The van der Waals surface area contributed by atoms with Gasteiger partial charge in [-0.2, -0.15) is 0 Å². The molecule has 1 aliphatic heterocycles. The summed E-state index contributed by atoms with van der Waals surface area (Å²) in [4.78, 5) is 68.5. The molecule has 0 radical (unpaired) electrons. The number of anilines is 2. The Labute approximate surface area is 258 Å². The smallest absolute Gasteiger partial charge is 0.328 e. The lowest BCUT2D eigenvalue weighted by atomic mass is 9.80. The van der Waals surface area contributed by atoms with Gasteiger partial charge in [-0.05, 0) is 68.4 Å². The highest BCUT2D eigenvalue weighted by atomic mass is 16.2. The second kappa shape index (κ2) is 13.9. The number of hydrogen-bond donors (Lipinski definition) is 4. The number of primary amides is 1. The Morgan fingerprint density at radius 3 is 2.20 bits per heavy atom. The van der Waals surface area contributed by atoms with Gasteiger partial charge in [-0.3, -0.25) is 14.4 Å². The van der Waals surface area contributed by atoms with Crippen LogP contribution in [0.1, 0.15) is 76.8 Å². The maximum absolute atomic E-state index is 14.2. The van der Waals surface area contributed by atoms with E-state index >= 15 is 0 Å². The van der Waals surface area contributed by atoms with Crippen LogP contribution in [0.15, 0.2) is 48.5 Å². The van der Waals surface area contributed by atoms with Crippen molar-refractivity contribution in [3.63, 3.8) is 0 Å². The van der Waals surface area contributed by atoms with Gasteiger partial charge >= 0.3 is 12.1 Å². The van der Waals surface area contributed by atoms with Crippen LogP contribution in [0.4, 0.5) is 21.0 Å². The van der Waals surface area contributed by atoms with Crippen LogP contribution in [0, 0.1) is 12.8 Å². The Hall–Kier alpha value is -4.41. The number of hydrogen-bond acceptors (Lipinski definition) is 5. The van der Waals surface area contributed by atoms with Crippen molar-refractivity contribution in [3.05, 3.63) is 59.7 Å². The zero-order valence-electron chi connectivity index (χ0n) is 26.0. The summed E-state index contributed by atoms with van der Waals surface area (Å²) in [6.45, 7) is 7.64. The SMILES string of the molecule is Cc1ccccc1NC(=O)Nc1ccc(CN2C(=O)N([C@@H](CC(C)C)C(=O)NC(C)CC(N)=O)C(=O)C23CCCCC3)cc1. The summed E-state index contributed by atoms with van der Waals surface area (Å²) >= 11 is 0. The lowest BCUT2D eigenvalue weighted by Gasteiger charge is -2.38. The second-order valence-electron chi connectivity index (χ2n) is 12.5. The third-order valence-electron chi connectivity index (χ3n) is 8.40. The molecule has 2 fully saturated rings. The summed E-state index contributed by atoms with van der Waals surface area (Å²) in [5.74, 6) is -1.33. The van der Waals surface area contributed by atoms with Crippen molar-refractivity contribution in [1.29, 1.82) is 0 Å². The molecule has 11 heteroatoms. The summed E-state index contributed by atoms with van der Waals surface area (Å²) in [5.41, 5.74) is 7.32. The Morgan fingerprint density at radius 1 is 0.932 bits per heavy atom. The topological polar surface area (TPSA) is 154 Å². The predicted octanol–water partition coefficient (Wildman–Crippen LogP) is 4.90. The van der Waals surface area contributed by atoms with Crippen LogP contribution >= 0.6 is 0 Å². The second-order valence-corrected chi connectivity index (χ2v) is 12.5. The molecule has 0 bridgehead atoms. The van der Waals surface area contributed by atoms with Gasteiger partial charge < -0.3 is 26.6 Å². The van der Waals surface area contributed by atoms with Crippen molar-refractivity contribution in [2.45, 2.75) is 96.8 Å². The molecule has 236 valence electrons. The summed E-state index contributed by atoms with van der Waals surface area (Å²) in [6.07, 6.45) is 3.89. The molecule has 11 nitrogen and oxygen atoms in total. The van der Waals surface area contributed by atoms with Gasteiger partial charge in [0.05, 0.1) is 0 Å². The van der Waals surface area contributed by atoms with Gasteiger partial charge in [0.25, 0.3) is 5.91 Å². The number of rotatable bonds is 11. The van der Waals surface area contributed by atoms with Crippen molar-refractivity contribution in [2.24, 2.45) is 11.7 Å². The first-order valence-corrected chi connectivity index (χ1v) is 15.4. The minimum Gasteiger partial charge on any atom is -0.370 e. The molecule has 1 saturated heterocycles. The molecule has 7 amide bonds. The fourth-order valence-electron chi connectivity index (χ4n) is 6.20. The van der Waals surface area contributed by atoms with Gasteiger partial charge in [-0.25, -0.2) is 14.5 Å². The monoisotopic (exact) mass is 604 g/mol. The zero-order valence-corrected chi connectivity index (χ0v) is 26.0. The minimum absolute atomic E-state index is 0.0252. The first kappa shape index (κ1) is 32.5. The summed E-state index contributed by atoms with van der Waals surface area (Å²) in [6, 6.07) is 12.3. The average molecular weight is 605 g/mol. The van der Waals surface area contributed by atoms with Crippen molar-refractivity contribution in [2.75, 3.05) is 10.6 Å². The van der Waals surface area contributed by atoms with E-state index in [9.17, 15) is 24.0 Å². The van der Waals surface area contributed by atoms with Gasteiger partial charge in [-0.1, -0.05) is 63.4 Å². The first-order chi connectivity index (χ1) is 20.9. The molecule has 44 heavy (non-hydrogen) atoms. The van der Waals surface area contributed by atoms with Crippen LogP contribution < -0.4 is 21.7 Å². The van der Waals surface area contributed by atoms with Crippen LogP contribution in [-0.2, 0) is 20.9 Å². The highest BCUT2D eigenvalue weighted by Gasteiger charge is 2.59. The molecule has 0 aromatic heterocycles. The van der Waals surface area contributed by atoms with Crippen LogP contribution in [-0.4, -0.2) is 57.2 Å². The Bertz CT molecular complexity index is 1390. The minimum atomic E-state index is -1.02. The quantitative estimate of drug-likeness (QED) is 0.269. The van der Waals surface area contributed by atoms with Crippen molar-refractivity contribution < 1.29 is 24.0 Å². The van der Waals surface area contributed by atoms with E-state index in [1.807, 2.05) is 57.2 Å².